The lowest BCUT2D eigenvalue weighted by Gasteiger charge is -2.37. The summed E-state index contributed by atoms with van der Waals surface area (Å²) in [6.07, 6.45) is 11.4. The molecule has 39 heavy (non-hydrogen) atoms. The number of β-amino-alcohol motifs (C(OH)–C–C–N with tert-alkyl or cyclic N) is 1. The number of likely N-dealkylation sites (N-methyl/N-ethyl adjacent to an activating group) is 2. The van der Waals surface area contributed by atoms with Crippen molar-refractivity contribution >= 4 is 11.8 Å². The van der Waals surface area contributed by atoms with E-state index in [1.165, 1.54) is 56.3 Å². The molecule has 1 unspecified atom stereocenters. The van der Waals surface area contributed by atoms with E-state index in [0.717, 1.165) is 13.1 Å². The normalized spacial score (nSPS) is 28.6. The fourth-order valence-electron chi connectivity index (χ4n) is 6.66. The predicted octanol–water partition coefficient (Wildman–Crippen LogP) is 2.03. The quantitative estimate of drug-likeness (QED) is 0.474. The van der Waals surface area contributed by atoms with E-state index in [4.69, 9.17) is 4.74 Å². The van der Waals surface area contributed by atoms with E-state index in [9.17, 15) is 14.7 Å². The van der Waals surface area contributed by atoms with E-state index < -0.39 is 23.6 Å². The first-order valence-corrected chi connectivity index (χ1v) is 14.7. The summed E-state index contributed by atoms with van der Waals surface area (Å²) in [7, 11) is 3.61. The molecule has 1 aromatic rings. The number of rotatable bonds is 7. The summed E-state index contributed by atoms with van der Waals surface area (Å²) in [5, 5.41) is 23.8. The smallest absolute Gasteiger partial charge is 0.248 e. The van der Waals surface area contributed by atoms with Gasteiger partial charge in [0.2, 0.25) is 11.8 Å². The van der Waals surface area contributed by atoms with Gasteiger partial charge in [-0.15, -0.1) is 5.10 Å². The summed E-state index contributed by atoms with van der Waals surface area (Å²) in [5.74, 6) is -0.0328. The number of ether oxygens (including phenoxy) is 1. The number of carbonyl (C=O) groups is 2. The molecule has 0 radical (unpaired) electrons. The van der Waals surface area contributed by atoms with Gasteiger partial charge in [-0.1, -0.05) is 64.5 Å². The van der Waals surface area contributed by atoms with E-state index in [1.54, 1.807) is 17.9 Å². The first kappa shape index (κ1) is 29.9. The summed E-state index contributed by atoms with van der Waals surface area (Å²) in [4.78, 5) is 27.8. The molecule has 11 nitrogen and oxygen atoms in total. The molecular weight excluding hydrogens is 498 g/mol. The van der Waals surface area contributed by atoms with E-state index >= 15 is 0 Å². The van der Waals surface area contributed by atoms with Crippen LogP contribution >= 0.6 is 0 Å². The minimum absolute atomic E-state index is 0.124. The van der Waals surface area contributed by atoms with Crippen molar-refractivity contribution in [3.63, 3.8) is 0 Å². The van der Waals surface area contributed by atoms with Crippen LogP contribution in [0.2, 0.25) is 0 Å². The van der Waals surface area contributed by atoms with Crippen LogP contribution in [0.5, 0.6) is 0 Å². The van der Waals surface area contributed by atoms with E-state index in [-0.39, 0.29) is 30.4 Å². The fourth-order valence-corrected chi connectivity index (χ4v) is 6.66. The highest BCUT2D eigenvalue weighted by Crippen LogP contribution is 2.37. The van der Waals surface area contributed by atoms with Gasteiger partial charge >= 0.3 is 0 Å². The van der Waals surface area contributed by atoms with Crippen molar-refractivity contribution in [2.45, 2.75) is 109 Å². The van der Waals surface area contributed by atoms with E-state index in [1.807, 2.05) is 20.8 Å². The number of aromatic nitrogens is 3. The number of amides is 2. The minimum Gasteiger partial charge on any atom is -0.391 e. The molecule has 1 aliphatic carbocycles. The fraction of sp³-hybridized carbons (Fsp3) is 0.857. The Balaban J connectivity index is 1.51. The van der Waals surface area contributed by atoms with Crippen molar-refractivity contribution in [1.82, 2.24) is 35.6 Å². The van der Waals surface area contributed by atoms with Crippen LogP contribution < -0.4 is 10.7 Å². The van der Waals surface area contributed by atoms with Gasteiger partial charge in [-0.05, 0) is 24.2 Å². The molecule has 1 aromatic heterocycles. The van der Waals surface area contributed by atoms with Crippen molar-refractivity contribution in [1.29, 1.82) is 0 Å². The van der Waals surface area contributed by atoms with Crippen molar-refractivity contribution in [3.05, 3.63) is 11.9 Å². The SMILES string of the molecule is CNC(=O)[C@@H]1C[C@@H](O)CN1C(=O)[C@@H](n1cc(COC2(C3CCCCCCCC3)CNN(C)C2)nn1)C(C)(C)C. The Bertz CT molecular complexity index is 969. The summed E-state index contributed by atoms with van der Waals surface area (Å²) in [5.41, 5.74) is 3.37. The number of carbonyl (C=O) groups excluding carboxylic acids is 2. The van der Waals surface area contributed by atoms with Gasteiger partial charge in [0.1, 0.15) is 17.8 Å². The summed E-state index contributed by atoms with van der Waals surface area (Å²) < 4.78 is 8.35. The number of likely N-dealkylation sites (tertiary alicyclic amines) is 1. The molecule has 2 aliphatic heterocycles. The zero-order valence-electron chi connectivity index (χ0n) is 24.5. The lowest BCUT2D eigenvalue weighted by Crippen LogP contribution is -2.49. The summed E-state index contributed by atoms with van der Waals surface area (Å²) >= 11 is 0. The summed E-state index contributed by atoms with van der Waals surface area (Å²) in [6.45, 7) is 7.97. The number of nitrogens with one attached hydrogen (secondary N) is 2. The maximum absolute atomic E-state index is 13.8. The average molecular weight is 548 g/mol. The van der Waals surface area contributed by atoms with Crippen LogP contribution in [0.1, 0.15) is 90.3 Å². The lowest BCUT2D eigenvalue weighted by molar-refractivity contribution is -0.144. The molecule has 3 heterocycles. The second-order valence-electron chi connectivity index (χ2n) is 12.9. The molecule has 1 saturated carbocycles. The number of hydrogen-bond donors (Lipinski definition) is 3. The minimum atomic E-state index is -0.733. The molecule has 2 saturated heterocycles. The molecule has 3 fully saturated rings. The van der Waals surface area contributed by atoms with E-state index in [0.29, 0.717) is 18.2 Å². The molecule has 0 bridgehead atoms. The van der Waals surface area contributed by atoms with Crippen LogP contribution in [-0.2, 0) is 20.9 Å². The highest BCUT2D eigenvalue weighted by molar-refractivity contribution is 5.90. The first-order chi connectivity index (χ1) is 18.5. The molecule has 220 valence electrons. The van der Waals surface area contributed by atoms with Gasteiger partial charge in [0.25, 0.3) is 0 Å². The van der Waals surface area contributed by atoms with Gasteiger partial charge in [-0.3, -0.25) is 15.0 Å². The third kappa shape index (κ3) is 6.99. The second-order valence-corrected chi connectivity index (χ2v) is 12.9. The zero-order chi connectivity index (χ0) is 28.2. The van der Waals surface area contributed by atoms with Crippen molar-refractivity contribution < 1.29 is 19.4 Å². The number of hydrazine groups is 1. The zero-order valence-corrected chi connectivity index (χ0v) is 24.5. The van der Waals surface area contributed by atoms with Crippen LogP contribution in [0.25, 0.3) is 0 Å². The first-order valence-electron chi connectivity index (χ1n) is 14.7. The molecule has 4 atom stereocenters. The van der Waals surface area contributed by atoms with Crippen molar-refractivity contribution in [2.75, 3.05) is 33.7 Å². The monoisotopic (exact) mass is 547 g/mol. The topological polar surface area (TPSA) is 125 Å². The highest BCUT2D eigenvalue weighted by Gasteiger charge is 2.46. The Hall–Kier alpha value is -2.08. The summed E-state index contributed by atoms with van der Waals surface area (Å²) in [6, 6.07) is -1.38. The highest BCUT2D eigenvalue weighted by atomic mass is 16.5. The Kier molecular flexibility index (Phi) is 9.67. The molecule has 3 aliphatic rings. The largest absolute Gasteiger partial charge is 0.391 e. The van der Waals surface area contributed by atoms with Crippen molar-refractivity contribution in [2.24, 2.45) is 11.3 Å². The van der Waals surface area contributed by atoms with Gasteiger partial charge in [0, 0.05) is 40.2 Å². The number of aliphatic hydroxyl groups excluding tert-OH is 1. The van der Waals surface area contributed by atoms with Gasteiger partial charge in [-0.25, -0.2) is 9.69 Å². The van der Waals surface area contributed by atoms with Crippen LogP contribution in [0.4, 0.5) is 0 Å². The van der Waals surface area contributed by atoms with Crippen molar-refractivity contribution in [3.8, 4) is 0 Å². The number of hydrogen-bond acceptors (Lipinski definition) is 8. The maximum Gasteiger partial charge on any atom is 0.248 e. The molecule has 2 amide bonds. The van der Waals surface area contributed by atoms with E-state index in [2.05, 4.69) is 33.1 Å². The molecule has 4 rings (SSSR count). The molecule has 3 N–H and O–H groups in total. The van der Waals surface area contributed by atoms with Gasteiger partial charge in [0.15, 0.2) is 0 Å². The average Bonchev–Trinajstić information content (AvgIpc) is 3.61. The van der Waals surface area contributed by atoms with Crippen LogP contribution in [0.3, 0.4) is 0 Å². The Morgan fingerprint density at radius 3 is 2.46 bits per heavy atom. The third-order valence-corrected chi connectivity index (χ3v) is 8.75. The maximum atomic E-state index is 13.8. The molecule has 0 aromatic carbocycles. The van der Waals surface area contributed by atoms with Gasteiger partial charge in [0.05, 0.1) is 24.5 Å². The molecule has 0 spiro atoms. The Morgan fingerprint density at radius 2 is 1.87 bits per heavy atom. The second kappa shape index (κ2) is 12.6. The third-order valence-electron chi connectivity index (χ3n) is 8.75. The van der Waals surface area contributed by atoms with Gasteiger partial charge < -0.3 is 20.1 Å². The number of nitrogens with zero attached hydrogens (tertiary/aromatic N) is 5. The molecule has 11 heteroatoms. The molecular formula is C28H49N7O4. The Morgan fingerprint density at radius 1 is 1.21 bits per heavy atom. The predicted molar refractivity (Wildman–Crippen MR) is 147 cm³/mol. The number of aliphatic hydroxyl groups is 1. The Labute approximate surface area is 233 Å². The van der Waals surface area contributed by atoms with Gasteiger partial charge in [-0.2, -0.15) is 0 Å². The van der Waals surface area contributed by atoms with Crippen LogP contribution in [0, 0.1) is 11.3 Å². The van der Waals surface area contributed by atoms with Crippen LogP contribution in [0.15, 0.2) is 6.20 Å². The lowest BCUT2D eigenvalue weighted by atomic mass is 9.80. The van der Waals surface area contributed by atoms with Crippen LogP contribution in [-0.4, -0.2) is 93.3 Å². The standard InChI is InChI=1S/C28H49N7O4/c1-27(2,3)24(26(38)34-16-22(36)14-23(34)25(37)29-4)35-15-21(31-32-35)17-39-28(18-30-33(5)19-28)20-12-10-8-6-7-9-11-13-20/h15,20,22-24,30,36H,6-14,16-19H2,1-5H3,(H,29,37)/t22-,23+,24-,28?/m1/s1.